The minimum Gasteiger partial charge on any atom is -0.508 e. The Balaban J connectivity index is 2.96. The molecule has 0 unspecified atom stereocenters. The lowest BCUT2D eigenvalue weighted by molar-refractivity contribution is -0.116. The van der Waals surface area contributed by atoms with Crippen LogP contribution in [0.3, 0.4) is 0 Å². The number of alkyl halides is 1. The topological polar surface area (TPSA) is 37.3 Å². The van der Waals surface area contributed by atoms with Crippen LogP contribution >= 0.6 is 15.9 Å². The third kappa shape index (κ3) is 2.84. The summed E-state index contributed by atoms with van der Waals surface area (Å²) in [7, 11) is 0. The second-order valence-electron chi connectivity index (χ2n) is 2.98. The molecule has 0 spiro atoms. The first-order valence-corrected chi connectivity index (χ1v) is 5.12. The molecule has 70 valence electrons. The van der Waals surface area contributed by atoms with Gasteiger partial charge in [-0.1, -0.05) is 28.1 Å². The van der Waals surface area contributed by atoms with Crippen LogP contribution in [0.25, 0.3) is 0 Å². The molecule has 0 saturated carbocycles. The van der Waals surface area contributed by atoms with E-state index in [-0.39, 0.29) is 11.5 Å². The van der Waals surface area contributed by atoms with Gasteiger partial charge in [0.15, 0.2) is 0 Å². The third-order valence-corrected chi connectivity index (χ3v) is 2.39. The SMILES string of the molecule is CC(=O)Cc1cc(CBr)ccc1O. The minimum absolute atomic E-state index is 0.0574. The van der Waals surface area contributed by atoms with E-state index in [1.807, 2.05) is 12.1 Å². The monoisotopic (exact) mass is 242 g/mol. The Labute approximate surface area is 85.7 Å². The number of carbonyl (C=O) groups is 1. The van der Waals surface area contributed by atoms with Crippen molar-refractivity contribution in [3.8, 4) is 5.75 Å². The van der Waals surface area contributed by atoms with E-state index in [1.165, 1.54) is 6.92 Å². The lowest BCUT2D eigenvalue weighted by Crippen LogP contribution is -1.97. The predicted octanol–water partition coefficient (Wildman–Crippen LogP) is 2.42. The molecule has 0 amide bonds. The molecule has 0 heterocycles. The lowest BCUT2D eigenvalue weighted by Gasteiger charge is -2.03. The summed E-state index contributed by atoms with van der Waals surface area (Å²) in [5, 5.41) is 10.1. The summed E-state index contributed by atoms with van der Waals surface area (Å²) in [5.74, 6) is 0.252. The van der Waals surface area contributed by atoms with Crippen molar-refractivity contribution in [1.29, 1.82) is 0 Å². The molecule has 0 fully saturated rings. The summed E-state index contributed by atoms with van der Waals surface area (Å²) in [5.41, 5.74) is 1.76. The summed E-state index contributed by atoms with van der Waals surface area (Å²) < 4.78 is 0. The third-order valence-electron chi connectivity index (χ3n) is 1.74. The van der Waals surface area contributed by atoms with Gasteiger partial charge in [0.2, 0.25) is 0 Å². The first-order valence-electron chi connectivity index (χ1n) is 3.99. The summed E-state index contributed by atoms with van der Waals surface area (Å²) in [6.45, 7) is 1.51. The average molecular weight is 243 g/mol. The summed E-state index contributed by atoms with van der Waals surface area (Å²) in [6.07, 6.45) is 0.298. The Bertz CT molecular complexity index is 321. The number of hydrogen-bond donors (Lipinski definition) is 1. The molecule has 0 aromatic heterocycles. The number of carbonyl (C=O) groups excluding carboxylic acids is 1. The fraction of sp³-hybridized carbons (Fsp3) is 0.300. The quantitative estimate of drug-likeness (QED) is 0.827. The maximum Gasteiger partial charge on any atom is 0.134 e. The molecule has 1 N–H and O–H groups in total. The van der Waals surface area contributed by atoms with Crippen LogP contribution in [0.4, 0.5) is 0 Å². The standard InChI is InChI=1S/C10H11BrO2/c1-7(12)4-9-5-8(6-11)2-3-10(9)13/h2-3,5,13H,4,6H2,1H3. The number of phenols is 1. The smallest absolute Gasteiger partial charge is 0.134 e. The van der Waals surface area contributed by atoms with Crippen molar-refractivity contribution in [2.24, 2.45) is 0 Å². The Kier molecular flexibility index (Phi) is 3.48. The van der Waals surface area contributed by atoms with Crippen molar-refractivity contribution in [1.82, 2.24) is 0 Å². The Hall–Kier alpha value is -0.830. The highest BCUT2D eigenvalue weighted by molar-refractivity contribution is 9.08. The molecule has 0 aliphatic heterocycles. The highest BCUT2D eigenvalue weighted by Crippen LogP contribution is 2.20. The van der Waals surface area contributed by atoms with Crippen LogP contribution < -0.4 is 0 Å². The van der Waals surface area contributed by atoms with Crippen molar-refractivity contribution in [2.45, 2.75) is 18.7 Å². The first kappa shape index (κ1) is 10.3. The number of benzene rings is 1. The maximum atomic E-state index is 10.8. The van der Waals surface area contributed by atoms with Gasteiger partial charge in [0, 0.05) is 17.3 Å². The van der Waals surface area contributed by atoms with E-state index >= 15 is 0 Å². The van der Waals surface area contributed by atoms with Gasteiger partial charge in [-0.05, 0) is 18.6 Å². The number of rotatable bonds is 3. The minimum atomic E-state index is 0.0574. The van der Waals surface area contributed by atoms with Gasteiger partial charge >= 0.3 is 0 Å². The fourth-order valence-corrected chi connectivity index (χ4v) is 1.48. The van der Waals surface area contributed by atoms with E-state index in [1.54, 1.807) is 6.07 Å². The summed E-state index contributed by atoms with van der Waals surface area (Å²) in [6, 6.07) is 5.29. The van der Waals surface area contributed by atoms with E-state index in [0.717, 1.165) is 10.9 Å². The lowest BCUT2D eigenvalue weighted by atomic mass is 10.1. The molecule has 2 nitrogen and oxygen atoms in total. The number of ketones is 1. The predicted molar refractivity (Wildman–Crippen MR) is 55.1 cm³/mol. The molecule has 0 aliphatic carbocycles. The molecule has 3 heteroatoms. The van der Waals surface area contributed by atoms with Crippen molar-refractivity contribution >= 4 is 21.7 Å². The van der Waals surface area contributed by atoms with Crippen molar-refractivity contribution < 1.29 is 9.90 Å². The number of halogens is 1. The second-order valence-corrected chi connectivity index (χ2v) is 3.54. The van der Waals surface area contributed by atoms with E-state index < -0.39 is 0 Å². The van der Waals surface area contributed by atoms with Crippen LogP contribution in [-0.2, 0) is 16.5 Å². The van der Waals surface area contributed by atoms with Gasteiger partial charge in [0.1, 0.15) is 11.5 Å². The molecule has 0 radical (unpaired) electrons. The number of Topliss-reactive ketones (excluding diaryl/α,β-unsaturated/α-hetero) is 1. The molecular formula is C10H11BrO2. The van der Waals surface area contributed by atoms with Gasteiger partial charge in [-0.25, -0.2) is 0 Å². The molecule has 0 bridgehead atoms. The highest BCUT2D eigenvalue weighted by Gasteiger charge is 2.04. The average Bonchev–Trinajstić information content (AvgIpc) is 2.08. The van der Waals surface area contributed by atoms with Gasteiger partial charge in [-0.2, -0.15) is 0 Å². The van der Waals surface area contributed by atoms with E-state index in [0.29, 0.717) is 12.0 Å². The largest absolute Gasteiger partial charge is 0.508 e. The number of hydrogen-bond acceptors (Lipinski definition) is 2. The normalized spacial score (nSPS) is 10.0. The van der Waals surface area contributed by atoms with Crippen LogP contribution in [0, 0.1) is 0 Å². The van der Waals surface area contributed by atoms with Crippen LogP contribution in [0.1, 0.15) is 18.1 Å². The first-order chi connectivity index (χ1) is 6.13. The summed E-state index contributed by atoms with van der Waals surface area (Å²) >= 11 is 3.32. The van der Waals surface area contributed by atoms with Crippen LogP contribution in [0.15, 0.2) is 18.2 Å². The fourth-order valence-electron chi connectivity index (χ4n) is 1.13. The van der Waals surface area contributed by atoms with Gasteiger partial charge < -0.3 is 5.11 Å². The molecule has 0 atom stereocenters. The van der Waals surface area contributed by atoms with E-state index in [2.05, 4.69) is 15.9 Å². The molecule has 0 saturated heterocycles. The zero-order chi connectivity index (χ0) is 9.84. The van der Waals surface area contributed by atoms with E-state index in [9.17, 15) is 9.90 Å². The summed E-state index contributed by atoms with van der Waals surface area (Å²) in [4.78, 5) is 10.8. The van der Waals surface area contributed by atoms with Gasteiger partial charge in [-0.3, -0.25) is 4.79 Å². The molecule has 1 rings (SSSR count). The molecule has 0 aliphatic rings. The maximum absolute atomic E-state index is 10.8. The van der Waals surface area contributed by atoms with Crippen molar-refractivity contribution in [2.75, 3.05) is 0 Å². The van der Waals surface area contributed by atoms with Crippen molar-refractivity contribution in [3.05, 3.63) is 29.3 Å². The molecule has 1 aromatic carbocycles. The molecule has 1 aromatic rings. The van der Waals surface area contributed by atoms with Gasteiger partial charge in [0.05, 0.1) is 0 Å². The second kappa shape index (κ2) is 4.42. The number of aromatic hydroxyl groups is 1. The van der Waals surface area contributed by atoms with Crippen LogP contribution in [0.2, 0.25) is 0 Å². The Morgan fingerprint density at radius 2 is 2.23 bits per heavy atom. The van der Waals surface area contributed by atoms with Crippen LogP contribution in [0.5, 0.6) is 5.75 Å². The Morgan fingerprint density at radius 1 is 1.54 bits per heavy atom. The van der Waals surface area contributed by atoms with Gasteiger partial charge in [-0.15, -0.1) is 0 Å². The number of phenolic OH excluding ortho intramolecular Hbond substituents is 1. The zero-order valence-electron chi connectivity index (χ0n) is 7.38. The van der Waals surface area contributed by atoms with Crippen LogP contribution in [-0.4, -0.2) is 10.9 Å². The van der Waals surface area contributed by atoms with E-state index in [4.69, 9.17) is 0 Å². The molecular weight excluding hydrogens is 232 g/mol. The zero-order valence-corrected chi connectivity index (χ0v) is 8.97. The Morgan fingerprint density at radius 3 is 2.77 bits per heavy atom. The highest BCUT2D eigenvalue weighted by atomic mass is 79.9. The molecule has 13 heavy (non-hydrogen) atoms. The van der Waals surface area contributed by atoms with Gasteiger partial charge in [0.25, 0.3) is 0 Å². The van der Waals surface area contributed by atoms with Crippen molar-refractivity contribution in [3.63, 3.8) is 0 Å².